The molecule has 0 bridgehead atoms. The van der Waals surface area contributed by atoms with Crippen molar-refractivity contribution in [1.82, 2.24) is 5.32 Å². The SMILES string of the molecule is CC(C)(NC(=O)C1CCCCCC1N)C(C)(C)C(=O)O. The molecule has 2 atom stereocenters. The third-order valence-corrected chi connectivity index (χ3v) is 4.94. The van der Waals surface area contributed by atoms with Gasteiger partial charge in [-0.15, -0.1) is 0 Å². The molecule has 1 rings (SSSR count). The maximum absolute atomic E-state index is 12.5. The third-order valence-electron chi connectivity index (χ3n) is 4.94. The molecule has 1 saturated carbocycles. The Balaban J connectivity index is 2.80. The van der Waals surface area contributed by atoms with Gasteiger partial charge < -0.3 is 16.2 Å². The molecule has 20 heavy (non-hydrogen) atoms. The molecule has 5 nitrogen and oxygen atoms in total. The van der Waals surface area contributed by atoms with Crippen molar-refractivity contribution >= 4 is 11.9 Å². The van der Waals surface area contributed by atoms with E-state index in [1.165, 1.54) is 0 Å². The molecule has 1 fully saturated rings. The minimum atomic E-state index is -1.04. The minimum absolute atomic E-state index is 0.112. The summed E-state index contributed by atoms with van der Waals surface area (Å²) < 4.78 is 0. The average Bonchev–Trinajstić information content (AvgIpc) is 2.52. The second-order valence-electron chi connectivity index (χ2n) is 6.95. The third kappa shape index (κ3) is 3.51. The Morgan fingerprint density at radius 1 is 1.10 bits per heavy atom. The first-order valence-corrected chi connectivity index (χ1v) is 7.40. The average molecular weight is 284 g/mol. The maximum Gasteiger partial charge on any atom is 0.311 e. The van der Waals surface area contributed by atoms with Crippen LogP contribution in [0.4, 0.5) is 0 Å². The monoisotopic (exact) mass is 284 g/mol. The summed E-state index contributed by atoms with van der Waals surface area (Å²) in [4.78, 5) is 23.8. The molecule has 1 aliphatic rings. The quantitative estimate of drug-likeness (QED) is 0.687. The predicted molar refractivity (Wildman–Crippen MR) is 78.2 cm³/mol. The van der Waals surface area contributed by atoms with Gasteiger partial charge in [-0.05, 0) is 40.5 Å². The fourth-order valence-corrected chi connectivity index (χ4v) is 2.49. The molecule has 1 aliphatic carbocycles. The number of carboxylic acid groups (broad SMARTS) is 1. The molecule has 0 radical (unpaired) electrons. The zero-order valence-corrected chi connectivity index (χ0v) is 13.0. The molecule has 0 saturated heterocycles. The van der Waals surface area contributed by atoms with Gasteiger partial charge in [0.15, 0.2) is 0 Å². The predicted octanol–water partition coefficient (Wildman–Crippen LogP) is 1.90. The van der Waals surface area contributed by atoms with Gasteiger partial charge in [0, 0.05) is 11.6 Å². The normalized spacial score (nSPS) is 24.9. The molecule has 0 spiro atoms. The summed E-state index contributed by atoms with van der Waals surface area (Å²) in [5, 5.41) is 12.2. The lowest BCUT2D eigenvalue weighted by molar-refractivity contribution is -0.152. The summed E-state index contributed by atoms with van der Waals surface area (Å²) in [6.45, 7) is 6.76. The number of nitrogens with one attached hydrogen (secondary N) is 1. The van der Waals surface area contributed by atoms with Gasteiger partial charge in [-0.1, -0.05) is 19.3 Å². The molecule has 0 aromatic carbocycles. The lowest BCUT2D eigenvalue weighted by atomic mass is 9.74. The highest BCUT2D eigenvalue weighted by Gasteiger charge is 2.45. The molecule has 116 valence electrons. The van der Waals surface area contributed by atoms with Gasteiger partial charge in [0.1, 0.15) is 0 Å². The molecule has 2 unspecified atom stereocenters. The number of carbonyl (C=O) groups is 2. The molecule has 0 aliphatic heterocycles. The lowest BCUT2D eigenvalue weighted by Crippen LogP contribution is -2.59. The van der Waals surface area contributed by atoms with E-state index in [4.69, 9.17) is 5.73 Å². The standard InChI is InChI=1S/C15H28N2O3/c1-14(2,13(19)20)15(3,4)17-12(18)10-8-6-5-7-9-11(10)16/h10-11H,5-9,16H2,1-4H3,(H,17,18)(H,19,20). The zero-order chi connectivity index (χ0) is 15.6. The number of carboxylic acids is 1. The van der Waals surface area contributed by atoms with E-state index in [1.807, 2.05) is 0 Å². The highest BCUT2D eigenvalue weighted by molar-refractivity contribution is 5.82. The molecule has 0 heterocycles. The summed E-state index contributed by atoms with van der Waals surface area (Å²) in [7, 11) is 0. The molecule has 0 aromatic heterocycles. The van der Waals surface area contributed by atoms with Crippen LogP contribution >= 0.6 is 0 Å². The first-order chi connectivity index (χ1) is 9.09. The summed E-state index contributed by atoms with van der Waals surface area (Å²) >= 11 is 0. The Hall–Kier alpha value is -1.10. The number of hydrogen-bond donors (Lipinski definition) is 3. The van der Waals surface area contributed by atoms with Crippen molar-refractivity contribution in [3.63, 3.8) is 0 Å². The Bertz CT molecular complexity index is 377. The summed E-state index contributed by atoms with van der Waals surface area (Å²) in [5.74, 6) is -1.24. The van der Waals surface area contributed by atoms with E-state index >= 15 is 0 Å². The van der Waals surface area contributed by atoms with Crippen LogP contribution in [0.25, 0.3) is 0 Å². The van der Waals surface area contributed by atoms with E-state index in [9.17, 15) is 14.7 Å². The Labute approximate surface area is 121 Å². The van der Waals surface area contributed by atoms with Gasteiger partial charge >= 0.3 is 5.97 Å². The largest absolute Gasteiger partial charge is 0.481 e. The van der Waals surface area contributed by atoms with Crippen LogP contribution in [0.3, 0.4) is 0 Å². The van der Waals surface area contributed by atoms with Crippen molar-refractivity contribution < 1.29 is 14.7 Å². The number of rotatable bonds is 4. The van der Waals surface area contributed by atoms with Gasteiger partial charge in [0.05, 0.1) is 11.3 Å². The molecule has 1 amide bonds. The lowest BCUT2D eigenvalue weighted by Gasteiger charge is -2.40. The van der Waals surface area contributed by atoms with Crippen LogP contribution in [-0.4, -0.2) is 28.6 Å². The van der Waals surface area contributed by atoms with Crippen LogP contribution in [-0.2, 0) is 9.59 Å². The van der Waals surface area contributed by atoms with Crippen LogP contribution in [0, 0.1) is 11.3 Å². The van der Waals surface area contributed by atoms with Crippen molar-refractivity contribution in [2.45, 2.75) is 71.4 Å². The second-order valence-corrected chi connectivity index (χ2v) is 6.95. The Kier molecular flexibility index (Phi) is 5.19. The Morgan fingerprint density at radius 3 is 2.20 bits per heavy atom. The summed E-state index contributed by atoms with van der Waals surface area (Å²) in [5.41, 5.74) is 4.21. The van der Waals surface area contributed by atoms with Crippen LogP contribution in [0.2, 0.25) is 0 Å². The van der Waals surface area contributed by atoms with E-state index < -0.39 is 16.9 Å². The van der Waals surface area contributed by atoms with Gasteiger partial charge in [0.25, 0.3) is 0 Å². The van der Waals surface area contributed by atoms with Crippen molar-refractivity contribution in [2.75, 3.05) is 0 Å². The maximum atomic E-state index is 12.5. The molecule has 5 heteroatoms. The number of aliphatic carboxylic acids is 1. The second kappa shape index (κ2) is 6.12. The van der Waals surface area contributed by atoms with Gasteiger partial charge in [-0.25, -0.2) is 0 Å². The van der Waals surface area contributed by atoms with Crippen molar-refractivity contribution in [3.05, 3.63) is 0 Å². The number of nitrogens with two attached hydrogens (primary N) is 1. The fraction of sp³-hybridized carbons (Fsp3) is 0.867. The topological polar surface area (TPSA) is 92.4 Å². The van der Waals surface area contributed by atoms with E-state index in [1.54, 1.807) is 27.7 Å². The van der Waals surface area contributed by atoms with E-state index in [-0.39, 0.29) is 17.9 Å². The molecular formula is C15H28N2O3. The molecule has 4 N–H and O–H groups in total. The van der Waals surface area contributed by atoms with Crippen LogP contribution in [0.15, 0.2) is 0 Å². The van der Waals surface area contributed by atoms with Gasteiger partial charge in [-0.2, -0.15) is 0 Å². The fourth-order valence-electron chi connectivity index (χ4n) is 2.49. The first kappa shape index (κ1) is 17.0. The van der Waals surface area contributed by atoms with Gasteiger partial charge in [0.2, 0.25) is 5.91 Å². The highest BCUT2D eigenvalue weighted by Crippen LogP contribution is 2.32. The summed E-state index contributed by atoms with van der Waals surface area (Å²) in [6.07, 6.45) is 4.84. The van der Waals surface area contributed by atoms with Crippen molar-refractivity contribution in [3.8, 4) is 0 Å². The van der Waals surface area contributed by atoms with E-state index in [0.717, 1.165) is 32.1 Å². The van der Waals surface area contributed by atoms with Gasteiger partial charge in [-0.3, -0.25) is 9.59 Å². The number of amides is 1. The van der Waals surface area contributed by atoms with Crippen LogP contribution < -0.4 is 11.1 Å². The minimum Gasteiger partial charge on any atom is -0.481 e. The number of carbonyl (C=O) groups excluding carboxylic acids is 1. The Morgan fingerprint density at radius 2 is 1.65 bits per heavy atom. The van der Waals surface area contributed by atoms with Crippen molar-refractivity contribution in [2.24, 2.45) is 17.1 Å². The van der Waals surface area contributed by atoms with E-state index in [2.05, 4.69) is 5.32 Å². The smallest absolute Gasteiger partial charge is 0.311 e. The summed E-state index contributed by atoms with van der Waals surface area (Å²) in [6, 6.07) is -0.124. The molecule has 0 aromatic rings. The first-order valence-electron chi connectivity index (χ1n) is 7.40. The van der Waals surface area contributed by atoms with Crippen LogP contribution in [0.1, 0.15) is 59.8 Å². The number of hydrogen-bond acceptors (Lipinski definition) is 3. The zero-order valence-electron chi connectivity index (χ0n) is 13.0. The van der Waals surface area contributed by atoms with Crippen molar-refractivity contribution in [1.29, 1.82) is 0 Å². The molecular weight excluding hydrogens is 256 g/mol. The van der Waals surface area contributed by atoms with Crippen LogP contribution in [0.5, 0.6) is 0 Å². The highest BCUT2D eigenvalue weighted by atomic mass is 16.4. The van der Waals surface area contributed by atoms with E-state index in [0.29, 0.717) is 0 Å².